The normalized spacial score (nSPS) is 16.7. The van der Waals surface area contributed by atoms with Crippen LogP contribution in [0.3, 0.4) is 0 Å². The zero-order chi connectivity index (χ0) is 40.2. The molecule has 0 radical (unpaired) electrons. The topological polar surface area (TPSA) is 43.6 Å². The van der Waals surface area contributed by atoms with Crippen LogP contribution in [0.25, 0.3) is 96.1 Å². The smallest absolute Gasteiger partial charge is 0.165 e. The molecule has 0 amide bonds. The Bertz CT molecular complexity index is 3530. The molecule has 1 aliphatic heterocycles. The van der Waals surface area contributed by atoms with Gasteiger partial charge in [-0.3, -0.25) is 0 Å². The summed E-state index contributed by atoms with van der Waals surface area (Å²) in [6.45, 7) is 2.30. The fourth-order valence-electron chi connectivity index (χ4n) is 10.8. The van der Waals surface area contributed by atoms with E-state index in [0.717, 1.165) is 34.2 Å². The van der Waals surface area contributed by atoms with E-state index in [2.05, 4.69) is 169 Å². The van der Waals surface area contributed by atoms with E-state index in [1.165, 1.54) is 71.3 Å². The largest absolute Gasteiger partial charge is 0.309 e. The van der Waals surface area contributed by atoms with Crippen LogP contribution in [0.1, 0.15) is 35.6 Å². The van der Waals surface area contributed by atoms with Gasteiger partial charge in [0, 0.05) is 27.5 Å². The van der Waals surface area contributed by atoms with Crippen molar-refractivity contribution in [2.75, 3.05) is 0 Å². The minimum Gasteiger partial charge on any atom is -0.309 e. The second-order valence-electron chi connectivity index (χ2n) is 16.7. The van der Waals surface area contributed by atoms with E-state index < -0.39 is 5.41 Å². The summed E-state index contributed by atoms with van der Waals surface area (Å²) in [5, 5.41) is 4.94. The van der Waals surface area contributed by atoms with Crippen molar-refractivity contribution in [3.05, 3.63) is 215 Å². The Morgan fingerprint density at radius 1 is 0.492 bits per heavy atom. The summed E-state index contributed by atoms with van der Waals surface area (Å²) < 4.78 is 2.51. The van der Waals surface area contributed by atoms with Crippen molar-refractivity contribution in [3.8, 4) is 62.1 Å². The molecule has 4 nitrogen and oxygen atoms in total. The second-order valence-corrected chi connectivity index (χ2v) is 16.7. The highest BCUT2D eigenvalue weighted by Crippen LogP contribution is 2.61. The molecule has 2 atom stereocenters. The van der Waals surface area contributed by atoms with Crippen LogP contribution in [0.4, 0.5) is 0 Å². The maximum Gasteiger partial charge on any atom is 0.165 e. The molecule has 0 saturated heterocycles. The summed E-state index contributed by atoms with van der Waals surface area (Å²) in [6.07, 6.45) is 5.79. The van der Waals surface area contributed by atoms with Crippen molar-refractivity contribution in [1.82, 2.24) is 19.5 Å². The maximum atomic E-state index is 5.35. The first-order valence-corrected chi connectivity index (χ1v) is 21.3. The molecule has 13 rings (SSSR count). The van der Waals surface area contributed by atoms with Gasteiger partial charge in [-0.25, -0.2) is 15.0 Å². The lowest BCUT2D eigenvalue weighted by Crippen LogP contribution is -2.33. The molecule has 3 heterocycles. The molecule has 10 aromatic rings. The number of aromatic nitrogens is 4. The number of hydrogen-bond acceptors (Lipinski definition) is 3. The van der Waals surface area contributed by atoms with E-state index in [0.29, 0.717) is 23.4 Å². The summed E-state index contributed by atoms with van der Waals surface area (Å²) in [5.41, 5.74) is 16.1. The Kier molecular flexibility index (Phi) is 7.23. The predicted molar refractivity (Wildman–Crippen MR) is 249 cm³/mol. The zero-order valence-corrected chi connectivity index (χ0v) is 33.5. The minimum absolute atomic E-state index is 0.370. The summed E-state index contributed by atoms with van der Waals surface area (Å²) >= 11 is 0. The van der Waals surface area contributed by atoms with Gasteiger partial charge in [-0.1, -0.05) is 183 Å². The SMILES string of the molecule is CC1C=c2c(-c3nc(-c4ccccc4)nc(-c4ccccc4)n3)c(-c3ccc4c(c3)C3(c5ccccc5-4)c4ccccc4-n4c5ccccc5c5cccc3c54)ccc2=CC1. The molecule has 8 aromatic carbocycles. The van der Waals surface area contributed by atoms with Gasteiger partial charge in [0.1, 0.15) is 0 Å². The molecule has 2 aliphatic carbocycles. The molecule has 0 bridgehead atoms. The van der Waals surface area contributed by atoms with E-state index in [9.17, 15) is 0 Å². The predicted octanol–water partition coefficient (Wildman–Crippen LogP) is 11.9. The molecule has 0 fully saturated rings. The summed E-state index contributed by atoms with van der Waals surface area (Å²) in [5.74, 6) is 2.36. The van der Waals surface area contributed by atoms with Gasteiger partial charge >= 0.3 is 0 Å². The van der Waals surface area contributed by atoms with E-state index in [1.54, 1.807) is 0 Å². The average Bonchev–Trinajstić information content (AvgIpc) is 3.82. The van der Waals surface area contributed by atoms with Gasteiger partial charge in [-0.05, 0) is 85.5 Å². The Labute approximate surface area is 353 Å². The van der Waals surface area contributed by atoms with Crippen molar-refractivity contribution in [2.45, 2.75) is 18.8 Å². The van der Waals surface area contributed by atoms with Crippen LogP contribution < -0.4 is 10.4 Å². The lowest BCUT2D eigenvalue weighted by Gasteiger charge is -2.39. The third kappa shape index (κ3) is 4.79. The van der Waals surface area contributed by atoms with Gasteiger partial charge in [-0.15, -0.1) is 0 Å². The third-order valence-electron chi connectivity index (χ3n) is 13.4. The highest BCUT2D eigenvalue weighted by atomic mass is 15.0. The molecule has 4 heteroatoms. The summed E-state index contributed by atoms with van der Waals surface area (Å²) in [6, 6.07) is 66.3. The van der Waals surface area contributed by atoms with Crippen molar-refractivity contribution < 1.29 is 0 Å². The summed E-state index contributed by atoms with van der Waals surface area (Å²) in [7, 11) is 0. The monoisotopic (exact) mass is 778 g/mol. The number of para-hydroxylation sites is 3. The minimum atomic E-state index is -0.556. The Balaban J connectivity index is 1.13. The van der Waals surface area contributed by atoms with E-state index in [4.69, 9.17) is 15.0 Å². The molecule has 286 valence electrons. The van der Waals surface area contributed by atoms with Crippen LogP contribution in [0, 0.1) is 5.92 Å². The van der Waals surface area contributed by atoms with Crippen molar-refractivity contribution >= 4 is 34.0 Å². The fourth-order valence-corrected chi connectivity index (χ4v) is 10.8. The second kappa shape index (κ2) is 12.9. The van der Waals surface area contributed by atoms with Crippen LogP contribution >= 0.6 is 0 Å². The molecule has 3 aliphatic rings. The lowest BCUT2D eigenvalue weighted by molar-refractivity contribution is 0.749. The number of benzene rings is 8. The van der Waals surface area contributed by atoms with Gasteiger partial charge in [0.15, 0.2) is 17.5 Å². The van der Waals surface area contributed by atoms with Crippen LogP contribution in [-0.2, 0) is 5.41 Å². The molecular formula is C57H38N4. The fraction of sp³-hybridized carbons (Fsp3) is 0.0702. The Morgan fingerprint density at radius 3 is 1.92 bits per heavy atom. The molecule has 2 unspecified atom stereocenters. The molecular weight excluding hydrogens is 741 g/mol. The molecule has 61 heavy (non-hydrogen) atoms. The van der Waals surface area contributed by atoms with Crippen molar-refractivity contribution in [1.29, 1.82) is 0 Å². The third-order valence-corrected chi connectivity index (χ3v) is 13.4. The number of rotatable bonds is 4. The Hall–Kier alpha value is -7.69. The first kappa shape index (κ1) is 34.2. The highest BCUT2D eigenvalue weighted by Gasteiger charge is 2.50. The summed E-state index contributed by atoms with van der Waals surface area (Å²) in [4.78, 5) is 15.8. The van der Waals surface area contributed by atoms with Crippen LogP contribution in [0.15, 0.2) is 182 Å². The first-order chi connectivity index (χ1) is 30.2. The maximum absolute atomic E-state index is 5.35. The Morgan fingerprint density at radius 2 is 1.11 bits per heavy atom. The van der Waals surface area contributed by atoms with E-state index in [1.807, 2.05) is 36.4 Å². The standard InChI is InChI=1S/C57H38N4/c1-35-27-28-36-29-31-40(52(45(36)33-35)56-59-54(37-15-4-2-5-16-37)58-55(60-56)38-17-6-3-7-18-38)39-30-32-42-41-19-8-10-22-46(41)57(49(42)34-39)47-23-11-13-26-51(47)61-50-25-12-9-20-43(50)44-21-14-24-48(57)53(44)61/h2-26,28-35H,27H2,1H3. The van der Waals surface area contributed by atoms with E-state index in [-0.39, 0.29) is 0 Å². The van der Waals surface area contributed by atoms with Gasteiger partial charge in [0.2, 0.25) is 0 Å². The number of nitrogens with zero attached hydrogens (tertiary/aromatic N) is 4. The van der Waals surface area contributed by atoms with Crippen LogP contribution in [0.2, 0.25) is 0 Å². The molecule has 2 aromatic heterocycles. The number of hydrogen-bond donors (Lipinski definition) is 0. The quantitative estimate of drug-likeness (QED) is 0.179. The molecule has 0 N–H and O–H groups in total. The van der Waals surface area contributed by atoms with Crippen molar-refractivity contribution in [3.63, 3.8) is 0 Å². The molecule has 1 spiro atoms. The van der Waals surface area contributed by atoms with Crippen LogP contribution in [0.5, 0.6) is 0 Å². The van der Waals surface area contributed by atoms with Gasteiger partial charge in [0.25, 0.3) is 0 Å². The van der Waals surface area contributed by atoms with Crippen LogP contribution in [-0.4, -0.2) is 19.5 Å². The number of fused-ring (bicyclic) bond motifs is 13. The van der Waals surface area contributed by atoms with Crippen molar-refractivity contribution in [2.24, 2.45) is 5.92 Å². The van der Waals surface area contributed by atoms with Gasteiger partial charge < -0.3 is 4.57 Å². The molecule has 0 saturated carbocycles. The zero-order valence-electron chi connectivity index (χ0n) is 33.5. The average molecular weight is 779 g/mol. The van der Waals surface area contributed by atoms with Gasteiger partial charge in [-0.2, -0.15) is 0 Å². The van der Waals surface area contributed by atoms with E-state index >= 15 is 0 Å². The highest BCUT2D eigenvalue weighted by molar-refractivity contribution is 6.13. The van der Waals surface area contributed by atoms with Gasteiger partial charge in [0.05, 0.1) is 22.1 Å². The first-order valence-electron chi connectivity index (χ1n) is 21.3. The lowest BCUT2D eigenvalue weighted by atomic mass is 9.65.